The Kier molecular flexibility index (Phi) is 3.86. The second-order valence-corrected chi connectivity index (χ2v) is 5.56. The second-order valence-electron chi connectivity index (χ2n) is 5.56. The predicted octanol–water partition coefficient (Wildman–Crippen LogP) is 2.53. The van der Waals surface area contributed by atoms with Crippen LogP contribution in [0.25, 0.3) is 0 Å². The van der Waals surface area contributed by atoms with Gasteiger partial charge in [-0.1, -0.05) is 18.2 Å². The lowest BCUT2D eigenvalue weighted by atomic mass is 9.83. The first-order valence-electron chi connectivity index (χ1n) is 7.55. The normalized spacial score (nSPS) is 16.3. The molecule has 3 rings (SSSR count). The summed E-state index contributed by atoms with van der Waals surface area (Å²) in [6, 6.07) is 9.71. The van der Waals surface area contributed by atoms with Gasteiger partial charge >= 0.3 is 0 Å². The van der Waals surface area contributed by atoms with Crippen LogP contribution < -0.4 is 16.0 Å². The molecule has 1 atom stereocenters. The van der Waals surface area contributed by atoms with Crippen LogP contribution in [-0.2, 0) is 6.54 Å². The highest BCUT2D eigenvalue weighted by atomic mass is 19.1. The number of nitrogens with two attached hydrogens (primary N) is 1. The quantitative estimate of drug-likeness (QED) is 0.920. The zero-order valence-corrected chi connectivity index (χ0v) is 13.3. The molecule has 122 valence electrons. The number of rotatable bonds is 2. The van der Waals surface area contributed by atoms with E-state index in [0.29, 0.717) is 12.2 Å². The van der Waals surface area contributed by atoms with Crippen molar-refractivity contribution >= 4 is 0 Å². The van der Waals surface area contributed by atoms with Gasteiger partial charge in [0, 0.05) is 23.9 Å². The predicted molar refractivity (Wildman–Crippen MR) is 86.8 cm³/mol. The molecule has 0 fully saturated rings. The maximum absolute atomic E-state index is 14.4. The van der Waals surface area contributed by atoms with Gasteiger partial charge in [-0.15, -0.1) is 0 Å². The van der Waals surface area contributed by atoms with Crippen molar-refractivity contribution in [3.8, 4) is 11.8 Å². The lowest BCUT2D eigenvalue weighted by Crippen LogP contribution is -2.32. The number of hydrogen-bond donors (Lipinski definition) is 1. The molecule has 1 unspecified atom stereocenters. The highest BCUT2D eigenvalue weighted by molar-refractivity contribution is 5.55. The van der Waals surface area contributed by atoms with Crippen molar-refractivity contribution in [2.75, 3.05) is 0 Å². The van der Waals surface area contributed by atoms with E-state index < -0.39 is 11.7 Å². The fraction of sp³-hybridized carbons (Fsp3) is 0.222. The maximum Gasteiger partial charge on any atom is 0.258 e. The Bertz CT molecular complexity index is 954. The van der Waals surface area contributed by atoms with Gasteiger partial charge < -0.3 is 15.0 Å². The summed E-state index contributed by atoms with van der Waals surface area (Å²) in [6.45, 7) is 4.09. The third kappa shape index (κ3) is 2.26. The number of aromatic nitrogens is 1. The molecule has 2 heterocycles. The first kappa shape index (κ1) is 15.8. The zero-order chi connectivity index (χ0) is 17.4. The number of fused-ring (bicyclic) bond motifs is 1. The van der Waals surface area contributed by atoms with Crippen molar-refractivity contribution in [3.05, 3.63) is 74.8 Å². The molecular weight excluding hydrogens is 309 g/mol. The Morgan fingerprint density at radius 2 is 2.12 bits per heavy atom. The van der Waals surface area contributed by atoms with Gasteiger partial charge in [0.05, 0.1) is 11.5 Å². The van der Waals surface area contributed by atoms with E-state index in [9.17, 15) is 14.4 Å². The van der Waals surface area contributed by atoms with E-state index in [4.69, 9.17) is 10.5 Å². The number of allylic oxidation sites excluding steroid dienone is 1. The number of aryl methyl sites for hydroxylation is 1. The molecule has 1 aliphatic heterocycles. The van der Waals surface area contributed by atoms with Crippen molar-refractivity contribution < 1.29 is 9.13 Å². The smallest absolute Gasteiger partial charge is 0.258 e. The van der Waals surface area contributed by atoms with Crippen LogP contribution in [0.5, 0.6) is 5.75 Å². The van der Waals surface area contributed by atoms with Crippen molar-refractivity contribution in [1.29, 1.82) is 5.26 Å². The van der Waals surface area contributed by atoms with Gasteiger partial charge in [0.1, 0.15) is 23.2 Å². The van der Waals surface area contributed by atoms with Crippen LogP contribution in [0.1, 0.15) is 29.7 Å². The van der Waals surface area contributed by atoms with Gasteiger partial charge in [0.15, 0.2) is 0 Å². The summed E-state index contributed by atoms with van der Waals surface area (Å²) in [5.74, 6) is -1.22. The van der Waals surface area contributed by atoms with Gasteiger partial charge in [-0.3, -0.25) is 4.79 Å². The topological polar surface area (TPSA) is 81.0 Å². The number of ether oxygens (including phenoxy) is 1. The van der Waals surface area contributed by atoms with Gasteiger partial charge in [-0.05, 0) is 19.9 Å². The van der Waals surface area contributed by atoms with Crippen molar-refractivity contribution in [2.45, 2.75) is 26.3 Å². The molecule has 24 heavy (non-hydrogen) atoms. The largest absolute Gasteiger partial charge is 0.440 e. The van der Waals surface area contributed by atoms with Crippen LogP contribution in [0.15, 0.2) is 46.6 Å². The minimum absolute atomic E-state index is 0.0382. The molecule has 0 saturated heterocycles. The fourth-order valence-electron chi connectivity index (χ4n) is 3.10. The van der Waals surface area contributed by atoms with E-state index in [0.717, 1.165) is 0 Å². The summed E-state index contributed by atoms with van der Waals surface area (Å²) in [7, 11) is 0. The second kappa shape index (κ2) is 5.85. The molecule has 1 aromatic carbocycles. The zero-order valence-electron chi connectivity index (χ0n) is 13.3. The first-order valence-corrected chi connectivity index (χ1v) is 7.55. The molecule has 2 aromatic rings. The van der Waals surface area contributed by atoms with E-state index in [2.05, 4.69) is 0 Å². The van der Waals surface area contributed by atoms with E-state index in [1.165, 1.54) is 6.07 Å². The summed E-state index contributed by atoms with van der Waals surface area (Å²) in [4.78, 5) is 12.9. The van der Waals surface area contributed by atoms with Crippen LogP contribution >= 0.6 is 0 Å². The molecule has 0 radical (unpaired) electrons. The summed E-state index contributed by atoms with van der Waals surface area (Å²) in [5.41, 5.74) is 6.76. The Hall–Kier alpha value is -3.07. The van der Waals surface area contributed by atoms with Gasteiger partial charge in [-0.2, -0.15) is 5.26 Å². The summed E-state index contributed by atoms with van der Waals surface area (Å²) < 4.78 is 21.4. The number of nitriles is 1. The summed E-state index contributed by atoms with van der Waals surface area (Å²) in [5, 5.41) is 9.48. The van der Waals surface area contributed by atoms with Crippen molar-refractivity contribution in [1.82, 2.24) is 4.57 Å². The number of benzene rings is 1. The van der Waals surface area contributed by atoms with E-state index in [1.54, 1.807) is 35.8 Å². The molecule has 2 N–H and O–H groups in total. The van der Waals surface area contributed by atoms with E-state index in [1.807, 2.05) is 13.0 Å². The van der Waals surface area contributed by atoms with Gasteiger partial charge in [0.2, 0.25) is 5.88 Å². The highest BCUT2D eigenvalue weighted by Crippen LogP contribution is 2.41. The van der Waals surface area contributed by atoms with Crippen LogP contribution in [0.4, 0.5) is 4.39 Å². The Balaban J connectivity index is 2.39. The number of pyridine rings is 1. The van der Waals surface area contributed by atoms with E-state index in [-0.39, 0.29) is 33.9 Å². The monoisotopic (exact) mass is 325 g/mol. The molecule has 0 aliphatic carbocycles. The standard InChI is InChI=1S/C18H16FN3O2/c1-3-22-10(2)8-14-16(18(22)23)15(12(9-20)17(21)24-14)11-6-4-5-7-13(11)19/h4-8,15H,3,21H2,1-2H3. The van der Waals surface area contributed by atoms with Crippen molar-refractivity contribution in [3.63, 3.8) is 0 Å². The molecule has 0 amide bonds. The summed E-state index contributed by atoms with van der Waals surface area (Å²) in [6.07, 6.45) is 0. The molecule has 0 bridgehead atoms. The summed E-state index contributed by atoms with van der Waals surface area (Å²) >= 11 is 0. The first-order chi connectivity index (χ1) is 11.5. The molecule has 0 saturated carbocycles. The lowest BCUT2D eigenvalue weighted by Gasteiger charge is -2.27. The maximum atomic E-state index is 14.4. The Morgan fingerprint density at radius 1 is 1.42 bits per heavy atom. The molecule has 1 aliphatic rings. The van der Waals surface area contributed by atoms with Crippen LogP contribution in [-0.4, -0.2) is 4.57 Å². The van der Waals surface area contributed by atoms with Crippen LogP contribution in [0, 0.1) is 24.1 Å². The Labute approximate surface area is 138 Å². The minimum Gasteiger partial charge on any atom is -0.440 e. The third-order valence-corrected chi connectivity index (χ3v) is 4.22. The van der Waals surface area contributed by atoms with Crippen LogP contribution in [0.3, 0.4) is 0 Å². The number of nitrogens with zero attached hydrogens (tertiary/aromatic N) is 2. The van der Waals surface area contributed by atoms with Crippen LogP contribution in [0.2, 0.25) is 0 Å². The van der Waals surface area contributed by atoms with E-state index >= 15 is 0 Å². The van der Waals surface area contributed by atoms with Gasteiger partial charge in [0.25, 0.3) is 5.56 Å². The molecular formula is C18H16FN3O2. The average Bonchev–Trinajstić information content (AvgIpc) is 2.54. The number of halogens is 1. The molecule has 0 spiro atoms. The lowest BCUT2D eigenvalue weighted by molar-refractivity contribution is 0.387. The number of hydrogen-bond acceptors (Lipinski definition) is 4. The fourth-order valence-corrected chi connectivity index (χ4v) is 3.10. The highest BCUT2D eigenvalue weighted by Gasteiger charge is 2.35. The van der Waals surface area contributed by atoms with Crippen molar-refractivity contribution in [2.24, 2.45) is 5.73 Å². The molecule has 1 aromatic heterocycles. The molecule has 6 heteroatoms. The van der Waals surface area contributed by atoms with Gasteiger partial charge in [-0.25, -0.2) is 4.39 Å². The minimum atomic E-state index is -0.883. The Morgan fingerprint density at radius 3 is 2.75 bits per heavy atom. The SMILES string of the molecule is CCn1c(C)cc2c(c1=O)C(c1ccccc1F)C(C#N)=C(N)O2. The molecule has 5 nitrogen and oxygen atoms in total. The average molecular weight is 325 g/mol. The third-order valence-electron chi connectivity index (χ3n) is 4.22.